The number of likely N-dealkylation sites (N-methyl/N-ethyl adjacent to an activating group) is 1. The first kappa shape index (κ1) is 19.8. The van der Waals surface area contributed by atoms with E-state index in [2.05, 4.69) is 17.1 Å². The lowest BCUT2D eigenvalue weighted by Gasteiger charge is -2.13. The van der Waals surface area contributed by atoms with Crippen LogP contribution in [0.3, 0.4) is 0 Å². The molecule has 1 atom stereocenters. The largest absolute Gasteiger partial charge is 0.389 e. The van der Waals surface area contributed by atoms with Crippen LogP contribution in [0.25, 0.3) is 0 Å². The lowest BCUT2D eigenvalue weighted by molar-refractivity contribution is 0.0341. The van der Waals surface area contributed by atoms with Gasteiger partial charge in [-0.15, -0.1) is 0 Å². The van der Waals surface area contributed by atoms with Crippen LogP contribution in [-0.4, -0.2) is 76.3 Å². The predicted molar refractivity (Wildman–Crippen MR) is 83.2 cm³/mol. The first-order chi connectivity index (χ1) is 9.66. The van der Waals surface area contributed by atoms with E-state index >= 15 is 0 Å². The third kappa shape index (κ3) is 15.9. The van der Waals surface area contributed by atoms with Gasteiger partial charge in [0.1, 0.15) is 0 Å². The number of aliphatic hydroxyl groups excluding tert-OH is 1. The third-order valence-corrected chi connectivity index (χ3v) is 2.94. The van der Waals surface area contributed by atoms with Crippen molar-refractivity contribution in [1.29, 1.82) is 0 Å². The summed E-state index contributed by atoms with van der Waals surface area (Å²) in [5, 5.41) is 12.9. The third-order valence-electron chi connectivity index (χ3n) is 2.94. The zero-order chi connectivity index (χ0) is 15.1. The van der Waals surface area contributed by atoms with Crippen molar-refractivity contribution >= 4 is 0 Å². The number of rotatable bonds is 15. The summed E-state index contributed by atoms with van der Waals surface area (Å²) in [6.07, 6.45) is 4.38. The number of nitrogens with one attached hydrogen (secondary N) is 1. The van der Waals surface area contributed by atoms with Crippen LogP contribution >= 0.6 is 0 Å². The highest BCUT2D eigenvalue weighted by atomic mass is 16.5. The van der Waals surface area contributed by atoms with E-state index in [1.807, 2.05) is 14.1 Å². The molecular formula is C15H34N2O3. The van der Waals surface area contributed by atoms with Gasteiger partial charge in [-0.2, -0.15) is 0 Å². The van der Waals surface area contributed by atoms with Gasteiger partial charge in [-0.3, -0.25) is 0 Å². The van der Waals surface area contributed by atoms with Gasteiger partial charge in [0.25, 0.3) is 0 Å². The van der Waals surface area contributed by atoms with E-state index in [0.29, 0.717) is 19.8 Å². The maximum Gasteiger partial charge on any atom is 0.0897 e. The Labute approximate surface area is 124 Å². The van der Waals surface area contributed by atoms with Gasteiger partial charge in [-0.05, 0) is 20.5 Å². The number of nitrogens with zero attached hydrogens (tertiary/aromatic N) is 1. The maximum absolute atomic E-state index is 9.69. The predicted octanol–water partition coefficient (Wildman–Crippen LogP) is 1.11. The molecule has 0 saturated carbocycles. The molecule has 0 saturated heterocycles. The molecular weight excluding hydrogens is 256 g/mol. The normalized spacial score (nSPS) is 13.1. The fourth-order valence-electron chi connectivity index (χ4n) is 1.67. The second-order valence-electron chi connectivity index (χ2n) is 5.41. The number of ether oxygens (including phenoxy) is 2. The highest BCUT2D eigenvalue weighted by Crippen LogP contribution is 1.99. The average Bonchev–Trinajstić information content (AvgIpc) is 2.41. The first-order valence-corrected chi connectivity index (χ1v) is 7.85. The quantitative estimate of drug-likeness (QED) is 0.443. The first-order valence-electron chi connectivity index (χ1n) is 7.85. The summed E-state index contributed by atoms with van der Waals surface area (Å²) < 4.78 is 10.9. The molecule has 5 nitrogen and oxygen atoms in total. The minimum Gasteiger partial charge on any atom is -0.389 e. The minimum absolute atomic E-state index is 0.417. The summed E-state index contributed by atoms with van der Waals surface area (Å²) in [5.41, 5.74) is 0. The lowest BCUT2D eigenvalue weighted by atomic mass is 10.2. The standard InChI is InChI=1S/C15H34N2O3/c1-4-5-6-7-10-20-14-15(18)13-16-8-11-19-12-9-17(2)3/h15-16,18H,4-14H2,1-3H3. The van der Waals surface area contributed by atoms with E-state index in [1.54, 1.807) is 0 Å². The van der Waals surface area contributed by atoms with Gasteiger partial charge in [-0.25, -0.2) is 0 Å². The second kappa shape index (κ2) is 15.2. The highest BCUT2D eigenvalue weighted by molar-refractivity contribution is 4.58. The van der Waals surface area contributed by atoms with Crippen LogP contribution < -0.4 is 5.32 Å². The smallest absolute Gasteiger partial charge is 0.0897 e. The van der Waals surface area contributed by atoms with Crippen LogP contribution in [-0.2, 0) is 9.47 Å². The van der Waals surface area contributed by atoms with Crippen molar-refractivity contribution in [3.05, 3.63) is 0 Å². The summed E-state index contributed by atoms with van der Waals surface area (Å²) >= 11 is 0. The average molecular weight is 290 g/mol. The Hall–Kier alpha value is -0.200. The Balaban J connectivity index is 3.14. The Bertz CT molecular complexity index is 192. The molecule has 0 aromatic rings. The highest BCUT2D eigenvalue weighted by Gasteiger charge is 2.03. The van der Waals surface area contributed by atoms with Crippen molar-refractivity contribution in [3.63, 3.8) is 0 Å². The summed E-state index contributed by atoms with van der Waals surface area (Å²) in [6.45, 7) is 7.06. The molecule has 0 aromatic heterocycles. The van der Waals surface area contributed by atoms with E-state index in [4.69, 9.17) is 9.47 Å². The van der Waals surface area contributed by atoms with Gasteiger partial charge in [0.15, 0.2) is 0 Å². The topological polar surface area (TPSA) is 54.0 Å². The van der Waals surface area contributed by atoms with Crippen LogP contribution in [0.5, 0.6) is 0 Å². The van der Waals surface area contributed by atoms with Crippen molar-refractivity contribution in [1.82, 2.24) is 10.2 Å². The molecule has 1 unspecified atom stereocenters. The summed E-state index contributed by atoms with van der Waals surface area (Å²) in [6, 6.07) is 0. The van der Waals surface area contributed by atoms with Gasteiger partial charge in [0.2, 0.25) is 0 Å². The van der Waals surface area contributed by atoms with E-state index in [0.717, 1.165) is 32.7 Å². The van der Waals surface area contributed by atoms with E-state index in [-0.39, 0.29) is 0 Å². The number of unbranched alkanes of at least 4 members (excludes halogenated alkanes) is 3. The summed E-state index contributed by atoms with van der Waals surface area (Å²) in [7, 11) is 4.06. The van der Waals surface area contributed by atoms with Gasteiger partial charge >= 0.3 is 0 Å². The number of aliphatic hydroxyl groups is 1. The van der Waals surface area contributed by atoms with Crippen molar-refractivity contribution in [2.45, 2.75) is 38.7 Å². The fraction of sp³-hybridized carbons (Fsp3) is 1.00. The molecule has 2 N–H and O–H groups in total. The monoisotopic (exact) mass is 290 g/mol. The van der Waals surface area contributed by atoms with E-state index in [1.165, 1.54) is 19.3 Å². The van der Waals surface area contributed by atoms with E-state index in [9.17, 15) is 5.11 Å². The van der Waals surface area contributed by atoms with Crippen LogP contribution in [0.15, 0.2) is 0 Å². The zero-order valence-corrected chi connectivity index (χ0v) is 13.6. The Morgan fingerprint density at radius 1 is 1.05 bits per heavy atom. The minimum atomic E-state index is -0.428. The molecule has 0 amide bonds. The Kier molecular flexibility index (Phi) is 15.0. The van der Waals surface area contributed by atoms with Gasteiger partial charge in [0, 0.05) is 26.2 Å². The van der Waals surface area contributed by atoms with Crippen LogP contribution in [0.4, 0.5) is 0 Å². The van der Waals surface area contributed by atoms with Gasteiger partial charge < -0.3 is 24.8 Å². The molecule has 0 heterocycles. The molecule has 0 aromatic carbocycles. The molecule has 0 radical (unpaired) electrons. The SMILES string of the molecule is CCCCCCOCC(O)CNCCOCCN(C)C. The van der Waals surface area contributed by atoms with Crippen molar-refractivity contribution in [2.75, 3.05) is 60.2 Å². The van der Waals surface area contributed by atoms with Crippen LogP contribution in [0.1, 0.15) is 32.6 Å². The number of hydrogen-bond acceptors (Lipinski definition) is 5. The van der Waals surface area contributed by atoms with E-state index < -0.39 is 6.10 Å². The molecule has 0 bridgehead atoms. The molecule has 5 heteroatoms. The fourth-order valence-corrected chi connectivity index (χ4v) is 1.67. The molecule has 20 heavy (non-hydrogen) atoms. The lowest BCUT2D eigenvalue weighted by Crippen LogP contribution is -2.33. The maximum atomic E-state index is 9.69. The Morgan fingerprint density at radius 2 is 1.85 bits per heavy atom. The summed E-state index contributed by atoms with van der Waals surface area (Å²) in [4.78, 5) is 2.09. The zero-order valence-electron chi connectivity index (χ0n) is 13.6. The molecule has 0 rings (SSSR count). The van der Waals surface area contributed by atoms with Crippen LogP contribution in [0.2, 0.25) is 0 Å². The summed E-state index contributed by atoms with van der Waals surface area (Å²) in [5.74, 6) is 0. The second-order valence-corrected chi connectivity index (χ2v) is 5.41. The molecule has 0 aliphatic carbocycles. The molecule has 0 fully saturated rings. The molecule has 0 spiro atoms. The molecule has 0 aliphatic rings. The molecule has 122 valence electrons. The van der Waals surface area contributed by atoms with Crippen molar-refractivity contribution in [3.8, 4) is 0 Å². The van der Waals surface area contributed by atoms with Crippen molar-refractivity contribution < 1.29 is 14.6 Å². The Morgan fingerprint density at radius 3 is 2.55 bits per heavy atom. The number of hydrogen-bond donors (Lipinski definition) is 2. The van der Waals surface area contributed by atoms with Crippen molar-refractivity contribution in [2.24, 2.45) is 0 Å². The van der Waals surface area contributed by atoms with Crippen LogP contribution in [0, 0.1) is 0 Å². The molecule has 0 aliphatic heterocycles. The van der Waals surface area contributed by atoms with Gasteiger partial charge in [0.05, 0.1) is 25.9 Å². The van der Waals surface area contributed by atoms with Gasteiger partial charge in [-0.1, -0.05) is 26.2 Å².